The molecule has 1 rings (SSSR count). The SMILES string of the molecule is COCCOCCNC(=O)c1nc(N)n[nH]1. The summed E-state index contributed by atoms with van der Waals surface area (Å²) in [5.41, 5.74) is 5.25. The summed E-state index contributed by atoms with van der Waals surface area (Å²) in [6, 6.07) is 0. The van der Waals surface area contributed by atoms with Gasteiger partial charge in [0.2, 0.25) is 11.8 Å². The van der Waals surface area contributed by atoms with E-state index in [2.05, 4.69) is 20.5 Å². The molecule has 8 heteroatoms. The number of anilines is 1. The van der Waals surface area contributed by atoms with Gasteiger partial charge >= 0.3 is 0 Å². The molecule has 0 saturated heterocycles. The van der Waals surface area contributed by atoms with Crippen LogP contribution in [0.15, 0.2) is 0 Å². The minimum atomic E-state index is -0.362. The van der Waals surface area contributed by atoms with Crippen molar-refractivity contribution in [2.75, 3.05) is 39.2 Å². The van der Waals surface area contributed by atoms with Gasteiger partial charge in [0, 0.05) is 13.7 Å². The first-order valence-electron chi connectivity index (χ1n) is 4.77. The number of methoxy groups -OCH3 is 1. The smallest absolute Gasteiger partial charge is 0.288 e. The topological polar surface area (TPSA) is 115 Å². The number of H-pyrrole nitrogens is 1. The highest BCUT2D eigenvalue weighted by Gasteiger charge is 2.09. The van der Waals surface area contributed by atoms with Crippen LogP contribution in [0.5, 0.6) is 0 Å². The van der Waals surface area contributed by atoms with Gasteiger partial charge in [-0.1, -0.05) is 0 Å². The number of aromatic nitrogens is 3. The number of nitrogens with zero attached hydrogens (tertiary/aromatic N) is 2. The molecule has 0 aliphatic rings. The molecule has 4 N–H and O–H groups in total. The molecular weight excluding hydrogens is 214 g/mol. The highest BCUT2D eigenvalue weighted by atomic mass is 16.5. The van der Waals surface area contributed by atoms with Crippen molar-refractivity contribution >= 4 is 11.9 Å². The van der Waals surface area contributed by atoms with E-state index in [4.69, 9.17) is 15.2 Å². The third-order valence-electron chi connectivity index (χ3n) is 1.68. The molecule has 1 aromatic heterocycles. The van der Waals surface area contributed by atoms with Crippen molar-refractivity contribution < 1.29 is 14.3 Å². The quantitative estimate of drug-likeness (QED) is 0.505. The lowest BCUT2D eigenvalue weighted by Gasteiger charge is -2.04. The summed E-state index contributed by atoms with van der Waals surface area (Å²) in [6.45, 7) is 1.84. The average Bonchev–Trinajstić information content (AvgIpc) is 2.70. The van der Waals surface area contributed by atoms with Crippen LogP contribution in [0, 0.1) is 0 Å². The number of ether oxygens (including phenoxy) is 2. The zero-order valence-electron chi connectivity index (χ0n) is 9.02. The fourth-order valence-electron chi connectivity index (χ4n) is 0.941. The molecule has 0 fully saturated rings. The Kier molecular flexibility index (Phi) is 5.23. The maximum atomic E-state index is 11.4. The number of nitrogens with one attached hydrogen (secondary N) is 2. The first-order chi connectivity index (χ1) is 7.74. The van der Waals surface area contributed by atoms with E-state index in [0.717, 1.165) is 0 Å². The number of nitrogen functional groups attached to an aromatic ring is 1. The molecule has 90 valence electrons. The monoisotopic (exact) mass is 229 g/mol. The maximum absolute atomic E-state index is 11.4. The standard InChI is InChI=1S/C8H15N5O3/c1-15-4-5-16-3-2-10-7(14)6-11-8(9)13-12-6/h2-5H2,1H3,(H,10,14)(H3,9,11,12,13). The van der Waals surface area contributed by atoms with Gasteiger partial charge in [-0.2, -0.15) is 4.98 Å². The van der Waals surface area contributed by atoms with Gasteiger partial charge in [-0.15, -0.1) is 5.10 Å². The summed E-state index contributed by atoms with van der Waals surface area (Å²) in [5.74, 6) is -0.226. The summed E-state index contributed by atoms with van der Waals surface area (Å²) >= 11 is 0. The van der Waals surface area contributed by atoms with E-state index in [1.807, 2.05) is 0 Å². The summed E-state index contributed by atoms with van der Waals surface area (Å²) < 4.78 is 9.95. The number of hydrogen-bond donors (Lipinski definition) is 3. The Morgan fingerprint density at radius 2 is 2.31 bits per heavy atom. The van der Waals surface area contributed by atoms with Crippen LogP contribution in [-0.2, 0) is 9.47 Å². The number of carbonyl (C=O) groups is 1. The van der Waals surface area contributed by atoms with Gasteiger partial charge in [0.05, 0.1) is 19.8 Å². The minimum Gasteiger partial charge on any atom is -0.382 e. The first-order valence-corrected chi connectivity index (χ1v) is 4.77. The van der Waals surface area contributed by atoms with Crippen molar-refractivity contribution in [1.29, 1.82) is 0 Å². The fourth-order valence-corrected chi connectivity index (χ4v) is 0.941. The van der Waals surface area contributed by atoms with Crippen LogP contribution in [0.3, 0.4) is 0 Å². The number of nitrogens with two attached hydrogens (primary N) is 1. The van der Waals surface area contributed by atoms with Gasteiger partial charge in [-0.05, 0) is 0 Å². The summed E-state index contributed by atoms with van der Waals surface area (Å²) in [7, 11) is 1.60. The lowest BCUT2D eigenvalue weighted by molar-refractivity contribution is 0.0691. The molecule has 0 spiro atoms. The summed E-state index contributed by atoms with van der Waals surface area (Å²) in [6.07, 6.45) is 0. The van der Waals surface area contributed by atoms with Gasteiger partial charge in [0.1, 0.15) is 0 Å². The molecule has 0 aliphatic carbocycles. The van der Waals surface area contributed by atoms with Crippen LogP contribution in [0.4, 0.5) is 5.95 Å². The van der Waals surface area contributed by atoms with Crippen molar-refractivity contribution in [1.82, 2.24) is 20.5 Å². The Labute approximate surface area is 92.5 Å². The van der Waals surface area contributed by atoms with Crippen LogP contribution in [-0.4, -0.2) is 54.6 Å². The van der Waals surface area contributed by atoms with Crippen LogP contribution < -0.4 is 11.1 Å². The van der Waals surface area contributed by atoms with Crippen molar-refractivity contribution in [3.8, 4) is 0 Å². The van der Waals surface area contributed by atoms with E-state index < -0.39 is 0 Å². The van der Waals surface area contributed by atoms with E-state index in [0.29, 0.717) is 26.4 Å². The van der Waals surface area contributed by atoms with Gasteiger partial charge in [0.15, 0.2) is 0 Å². The number of rotatable bonds is 7. The number of amides is 1. The van der Waals surface area contributed by atoms with Gasteiger partial charge in [-0.3, -0.25) is 9.89 Å². The van der Waals surface area contributed by atoms with Crippen molar-refractivity contribution in [3.63, 3.8) is 0 Å². The Morgan fingerprint density at radius 1 is 1.50 bits per heavy atom. The van der Waals surface area contributed by atoms with E-state index in [9.17, 15) is 4.79 Å². The van der Waals surface area contributed by atoms with Gasteiger partial charge in [0.25, 0.3) is 5.91 Å². The molecule has 0 aromatic carbocycles. The number of hydrogen-bond acceptors (Lipinski definition) is 6. The zero-order valence-corrected chi connectivity index (χ0v) is 9.02. The normalized spacial score (nSPS) is 10.3. The van der Waals surface area contributed by atoms with Gasteiger partial charge < -0.3 is 20.5 Å². The molecule has 0 saturated carbocycles. The van der Waals surface area contributed by atoms with E-state index in [1.165, 1.54) is 0 Å². The van der Waals surface area contributed by atoms with Crippen LogP contribution in [0.2, 0.25) is 0 Å². The molecule has 8 nitrogen and oxygen atoms in total. The Hall–Kier alpha value is -1.67. The van der Waals surface area contributed by atoms with E-state index in [-0.39, 0.29) is 17.7 Å². The average molecular weight is 229 g/mol. The molecular formula is C8H15N5O3. The number of carbonyl (C=O) groups excluding carboxylic acids is 1. The molecule has 0 bridgehead atoms. The van der Waals surface area contributed by atoms with Crippen LogP contribution in [0.1, 0.15) is 10.6 Å². The molecule has 0 radical (unpaired) electrons. The lowest BCUT2D eigenvalue weighted by atomic mass is 10.5. The highest BCUT2D eigenvalue weighted by molar-refractivity contribution is 5.90. The predicted octanol–water partition coefficient (Wildman–Crippen LogP) is -1.22. The molecule has 1 amide bonds. The largest absolute Gasteiger partial charge is 0.382 e. The molecule has 1 heterocycles. The Bertz CT molecular complexity index is 327. The molecule has 0 atom stereocenters. The first kappa shape index (κ1) is 12.4. The number of aromatic amines is 1. The van der Waals surface area contributed by atoms with Gasteiger partial charge in [-0.25, -0.2) is 0 Å². The van der Waals surface area contributed by atoms with Crippen LogP contribution in [0.25, 0.3) is 0 Å². The zero-order chi connectivity index (χ0) is 11.8. The lowest BCUT2D eigenvalue weighted by Crippen LogP contribution is -2.28. The molecule has 0 unspecified atom stereocenters. The fraction of sp³-hybridized carbons (Fsp3) is 0.625. The minimum absolute atomic E-state index is 0.0431. The second kappa shape index (κ2) is 6.75. The molecule has 0 aliphatic heterocycles. The molecule has 1 aromatic rings. The third-order valence-corrected chi connectivity index (χ3v) is 1.68. The maximum Gasteiger partial charge on any atom is 0.288 e. The van der Waals surface area contributed by atoms with Crippen LogP contribution >= 0.6 is 0 Å². The highest BCUT2D eigenvalue weighted by Crippen LogP contribution is 1.91. The Morgan fingerprint density at radius 3 is 2.94 bits per heavy atom. The summed E-state index contributed by atoms with van der Waals surface area (Å²) in [5, 5.41) is 8.54. The summed E-state index contributed by atoms with van der Waals surface area (Å²) in [4.78, 5) is 15.0. The van der Waals surface area contributed by atoms with Crippen molar-refractivity contribution in [2.45, 2.75) is 0 Å². The van der Waals surface area contributed by atoms with E-state index >= 15 is 0 Å². The molecule has 16 heavy (non-hydrogen) atoms. The van der Waals surface area contributed by atoms with E-state index in [1.54, 1.807) is 7.11 Å². The predicted molar refractivity (Wildman–Crippen MR) is 55.8 cm³/mol. The van der Waals surface area contributed by atoms with Crippen molar-refractivity contribution in [2.24, 2.45) is 0 Å². The second-order valence-electron chi connectivity index (χ2n) is 2.90. The second-order valence-corrected chi connectivity index (χ2v) is 2.90. The Balaban J connectivity index is 2.11. The van der Waals surface area contributed by atoms with Crippen molar-refractivity contribution in [3.05, 3.63) is 5.82 Å². The third kappa shape index (κ3) is 4.24.